The van der Waals surface area contributed by atoms with E-state index in [1.165, 1.54) is 0 Å². The van der Waals surface area contributed by atoms with E-state index in [1.807, 2.05) is 6.92 Å². The minimum absolute atomic E-state index is 0. The van der Waals surface area contributed by atoms with Crippen LogP contribution in [0, 0.1) is 0 Å². The van der Waals surface area contributed by atoms with Gasteiger partial charge in [-0.3, -0.25) is 0 Å². The second kappa shape index (κ2) is 29.4. The molecule has 0 heterocycles. The summed E-state index contributed by atoms with van der Waals surface area (Å²) >= 11 is 0. The quantitative estimate of drug-likeness (QED) is 0.336. The first-order valence-corrected chi connectivity index (χ1v) is 9.15. The topological polar surface area (TPSA) is 200 Å². The van der Waals surface area contributed by atoms with Gasteiger partial charge in [0, 0.05) is 45.8 Å². The van der Waals surface area contributed by atoms with Gasteiger partial charge in [0.05, 0.1) is 5.16 Å². The van der Waals surface area contributed by atoms with E-state index in [4.69, 9.17) is 54.4 Å². The first-order chi connectivity index (χ1) is 11.7. The summed E-state index contributed by atoms with van der Waals surface area (Å²) in [6.45, 7) is 5.25. The number of aliphatic carboxylic acids is 3. The second-order valence-electron chi connectivity index (χ2n) is 4.75. The van der Waals surface area contributed by atoms with Crippen molar-refractivity contribution in [2.45, 2.75) is 45.7 Å². The maximum Gasteiger partial charge on any atom is 1.00 e. The summed E-state index contributed by atoms with van der Waals surface area (Å²) in [5.41, 5.74) is 11.9. The standard InChI is InChI=1S/C8H22N2O3Si.3C2H4O2.3Na/c1-5-6-8(10,7-9)14(11-2,12-3)13-4;3*1-2(3)4;;;/h5-7,9-10H2,1-4H3;3*1H3,(H,3,4);;;/q;;;;3*+1/p-3. The summed E-state index contributed by atoms with van der Waals surface area (Å²) in [6.07, 6.45) is 1.64. The number of nitrogens with two attached hydrogens (primary N) is 2. The van der Waals surface area contributed by atoms with Crippen molar-refractivity contribution < 1.29 is 132 Å². The number of carboxylic acid groups (broad SMARTS) is 3. The Kier molecular flexibility index (Phi) is 48.7. The average Bonchev–Trinajstić information content (AvgIpc) is 2.48. The maximum atomic E-state index is 8.89. The third-order valence-electron chi connectivity index (χ3n) is 2.48. The molecule has 11 nitrogen and oxygen atoms in total. The zero-order valence-corrected chi connectivity index (χ0v) is 26.5. The molecule has 15 heteroatoms. The van der Waals surface area contributed by atoms with Crippen LogP contribution in [0.5, 0.6) is 0 Å². The van der Waals surface area contributed by atoms with Crippen molar-refractivity contribution in [3.05, 3.63) is 0 Å². The van der Waals surface area contributed by atoms with Gasteiger partial charge < -0.3 is 54.4 Å². The summed E-state index contributed by atoms with van der Waals surface area (Å²) < 4.78 is 16.0. The summed E-state index contributed by atoms with van der Waals surface area (Å²) in [5, 5.41) is 26.0. The molecule has 0 aromatic heterocycles. The molecule has 4 N–H and O–H groups in total. The van der Waals surface area contributed by atoms with Crippen LogP contribution in [-0.4, -0.2) is 59.7 Å². The molecule has 0 rings (SSSR count). The van der Waals surface area contributed by atoms with E-state index < -0.39 is 31.9 Å². The van der Waals surface area contributed by atoms with E-state index in [1.54, 1.807) is 21.3 Å². The number of carbonyl (C=O) groups is 3. The Hall–Kier alpha value is 1.43. The van der Waals surface area contributed by atoms with E-state index in [-0.39, 0.29) is 88.7 Å². The molecule has 1 unspecified atom stereocenters. The smallest absolute Gasteiger partial charge is 0.550 e. The van der Waals surface area contributed by atoms with Gasteiger partial charge in [-0.2, -0.15) is 0 Å². The van der Waals surface area contributed by atoms with Gasteiger partial charge in [-0.1, -0.05) is 13.3 Å². The fourth-order valence-corrected chi connectivity index (χ4v) is 4.21. The van der Waals surface area contributed by atoms with Crippen LogP contribution in [0.15, 0.2) is 0 Å². The molecule has 29 heavy (non-hydrogen) atoms. The van der Waals surface area contributed by atoms with Crippen molar-refractivity contribution in [2.24, 2.45) is 11.5 Å². The predicted octanol–water partition coefficient (Wildman–Crippen LogP) is -12.9. The molecule has 0 fully saturated rings. The third kappa shape index (κ3) is 31.7. The minimum Gasteiger partial charge on any atom is -0.550 e. The van der Waals surface area contributed by atoms with Gasteiger partial charge in [0.1, 0.15) is 0 Å². The first kappa shape index (κ1) is 48.0. The minimum atomic E-state index is -2.84. The second-order valence-corrected chi connectivity index (χ2v) is 8.09. The van der Waals surface area contributed by atoms with Gasteiger partial charge in [-0.25, -0.2) is 0 Å². The van der Waals surface area contributed by atoms with Crippen molar-refractivity contribution in [3.63, 3.8) is 0 Å². The van der Waals surface area contributed by atoms with E-state index in [0.29, 0.717) is 6.54 Å². The van der Waals surface area contributed by atoms with Crippen LogP contribution in [0.25, 0.3) is 0 Å². The largest absolute Gasteiger partial charge is 1.00 e. The molecular formula is C14H31N2Na3O9Si. The Morgan fingerprint density at radius 2 is 1.03 bits per heavy atom. The van der Waals surface area contributed by atoms with Crippen molar-refractivity contribution in [1.82, 2.24) is 0 Å². The molecule has 158 valence electrons. The van der Waals surface area contributed by atoms with E-state index >= 15 is 0 Å². The number of hydrogen-bond donors (Lipinski definition) is 2. The van der Waals surface area contributed by atoms with Crippen LogP contribution in [0.2, 0.25) is 0 Å². The molecule has 0 aromatic rings. The Balaban J connectivity index is -0.0000000540. The Labute approximate surface area is 240 Å². The molecule has 0 saturated heterocycles. The van der Waals surface area contributed by atoms with Crippen LogP contribution < -0.4 is 115 Å². The number of carbonyl (C=O) groups excluding carboxylic acids is 3. The van der Waals surface area contributed by atoms with Crippen molar-refractivity contribution >= 4 is 26.7 Å². The van der Waals surface area contributed by atoms with Gasteiger partial charge in [0.2, 0.25) is 0 Å². The summed E-state index contributed by atoms with van der Waals surface area (Å²) in [7, 11) is 1.80. The summed E-state index contributed by atoms with van der Waals surface area (Å²) in [6, 6.07) is 0. The van der Waals surface area contributed by atoms with Gasteiger partial charge in [0.15, 0.2) is 0 Å². The molecule has 0 radical (unpaired) electrons. The molecule has 0 spiro atoms. The molecule has 1 atom stereocenters. The van der Waals surface area contributed by atoms with Gasteiger partial charge in [0.25, 0.3) is 0 Å². The SMILES string of the molecule is CC(=O)[O-].CC(=O)[O-].CC(=O)[O-].CCCC(N)(CN)[Si](OC)(OC)OC.[Na+].[Na+].[Na+]. The number of hydrogen-bond acceptors (Lipinski definition) is 11. The van der Waals surface area contributed by atoms with Gasteiger partial charge in [-0.15, -0.1) is 0 Å². The molecule has 0 aromatic carbocycles. The summed E-state index contributed by atoms with van der Waals surface area (Å²) in [5.74, 6) is -3.25. The van der Waals surface area contributed by atoms with E-state index in [0.717, 1.165) is 33.6 Å². The maximum absolute atomic E-state index is 8.89. The Morgan fingerprint density at radius 3 is 1.14 bits per heavy atom. The van der Waals surface area contributed by atoms with Crippen molar-refractivity contribution in [1.29, 1.82) is 0 Å². The summed E-state index contributed by atoms with van der Waals surface area (Å²) in [4.78, 5) is 26.7. The van der Waals surface area contributed by atoms with Gasteiger partial charge in [-0.05, 0) is 27.2 Å². The number of rotatable bonds is 7. The van der Waals surface area contributed by atoms with Crippen LogP contribution in [0.1, 0.15) is 40.5 Å². The fraction of sp³-hybridized carbons (Fsp3) is 0.786. The predicted molar refractivity (Wildman–Crippen MR) is 89.7 cm³/mol. The van der Waals surface area contributed by atoms with Crippen LogP contribution in [0.3, 0.4) is 0 Å². The molecule has 0 bridgehead atoms. The first-order valence-electron chi connectivity index (χ1n) is 7.42. The van der Waals surface area contributed by atoms with E-state index in [9.17, 15) is 0 Å². The molecule has 0 saturated carbocycles. The molecule has 0 aliphatic rings. The van der Waals surface area contributed by atoms with Crippen molar-refractivity contribution in [3.8, 4) is 0 Å². The zero-order chi connectivity index (χ0) is 22.0. The molecule has 0 amide bonds. The fourth-order valence-electron chi connectivity index (χ4n) is 1.69. The molecule has 0 aliphatic heterocycles. The number of carboxylic acids is 3. The van der Waals surface area contributed by atoms with Crippen LogP contribution >= 0.6 is 0 Å². The zero-order valence-electron chi connectivity index (χ0n) is 19.5. The molecule has 0 aliphatic carbocycles. The average molecular weight is 468 g/mol. The monoisotopic (exact) mass is 468 g/mol. The Morgan fingerprint density at radius 1 is 0.828 bits per heavy atom. The Bertz CT molecular complexity index is 358. The van der Waals surface area contributed by atoms with Crippen molar-refractivity contribution in [2.75, 3.05) is 27.9 Å². The van der Waals surface area contributed by atoms with Crippen LogP contribution in [-0.2, 0) is 27.7 Å². The third-order valence-corrected chi connectivity index (χ3v) is 5.76. The normalized spacial score (nSPS) is 10.7. The van der Waals surface area contributed by atoms with E-state index in [2.05, 4.69) is 0 Å². The van der Waals surface area contributed by atoms with Gasteiger partial charge >= 0.3 is 97.5 Å². The van der Waals surface area contributed by atoms with Crippen LogP contribution in [0.4, 0.5) is 0 Å². The molecular weight excluding hydrogens is 437 g/mol.